The Morgan fingerprint density at radius 1 is 1.06 bits per heavy atom. The molecule has 0 saturated carbocycles. The van der Waals surface area contributed by atoms with Gasteiger partial charge in [0, 0.05) is 27.9 Å². The number of carbonyl (C=O) groups excluding carboxylic acids is 2. The summed E-state index contributed by atoms with van der Waals surface area (Å²) in [6.45, 7) is 0. The predicted molar refractivity (Wildman–Crippen MR) is 119 cm³/mol. The van der Waals surface area contributed by atoms with Crippen LogP contribution in [0.25, 0.3) is 11.0 Å². The average Bonchev–Trinajstić information content (AvgIpc) is 3.33. The zero-order chi connectivity index (χ0) is 21.5. The fourth-order valence-corrected chi connectivity index (χ4v) is 4.18. The number of halogens is 1. The van der Waals surface area contributed by atoms with Crippen LogP contribution >= 0.6 is 15.9 Å². The lowest BCUT2D eigenvalue weighted by atomic mass is 9.96. The first-order chi connectivity index (χ1) is 15.0. The molecule has 0 bridgehead atoms. The summed E-state index contributed by atoms with van der Waals surface area (Å²) in [6.07, 6.45) is 3.19. The number of carbonyl (C=O) groups is 2. The van der Waals surface area contributed by atoms with E-state index >= 15 is 0 Å². The number of fused-ring (bicyclic) bond motifs is 1. The molecule has 5 rings (SSSR count). The maximum absolute atomic E-state index is 13.5. The van der Waals surface area contributed by atoms with Crippen LogP contribution in [0.5, 0.6) is 0 Å². The Hall–Kier alpha value is -3.71. The van der Waals surface area contributed by atoms with E-state index < -0.39 is 23.5 Å². The lowest BCUT2D eigenvalue weighted by Gasteiger charge is -2.26. The highest BCUT2D eigenvalue weighted by Crippen LogP contribution is 2.42. The highest BCUT2D eigenvalue weighted by atomic mass is 79.9. The predicted octanol–water partition coefficient (Wildman–Crippen LogP) is 5.37. The zero-order valence-electron chi connectivity index (χ0n) is 16.0. The van der Waals surface area contributed by atoms with Crippen LogP contribution in [0, 0.1) is 0 Å². The van der Waals surface area contributed by atoms with Gasteiger partial charge in [-0.2, -0.15) is 0 Å². The minimum atomic E-state index is -0.837. The molecule has 1 unspecified atom stereocenters. The number of rotatable bonds is 4. The first kappa shape index (κ1) is 19.3. The fraction of sp³-hybridized carbons (Fsp3) is 0.0417. The fourth-order valence-electron chi connectivity index (χ4n) is 3.80. The number of aliphatic hydroxyl groups excluding tert-OH is 1. The first-order valence-electron chi connectivity index (χ1n) is 9.50. The van der Waals surface area contributed by atoms with Crippen molar-refractivity contribution in [3.8, 4) is 0 Å². The van der Waals surface area contributed by atoms with Gasteiger partial charge < -0.3 is 9.52 Å². The molecule has 6 nitrogen and oxygen atoms in total. The molecule has 3 heterocycles. The summed E-state index contributed by atoms with van der Waals surface area (Å²) in [4.78, 5) is 32.1. The Morgan fingerprint density at radius 3 is 2.61 bits per heavy atom. The molecule has 1 aliphatic rings. The summed E-state index contributed by atoms with van der Waals surface area (Å²) >= 11 is 3.40. The van der Waals surface area contributed by atoms with Gasteiger partial charge in [0.2, 0.25) is 5.78 Å². The van der Waals surface area contributed by atoms with E-state index in [0.717, 1.165) is 9.86 Å². The number of furan rings is 1. The molecule has 7 heteroatoms. The first-order valence-corrected chi connectivity index (χ1v) is 10.3. The number of aromatic nitrogens is 1. The van der Waals surface area contributed by atoms with Crippen molar-refractivity contribution in [2.75, 3.05) is 4.90 Å². The number of hydrogen-bond acceptors (Lipinski definition) is 5. The van der Waals surface area contributed by atoms with E-state index in [9.17, 15) is 14.7 Å². The van der Waals surface area contributed by atoms with Crippen molar-refractivity contribution in [3.05, 3.63) is 106 Å². The minimum absolute atomic E-state index is 0.0417. The van der Waals surface area contributed by atoms with Gasteiger partial charge in [-0.15, -0.1) is 0 Å². The second-order valence-corrected chi connectivity index (χ2v) is 8.00. The summed E-state index contributed by atoms with van der Waals surface area (Å²) in [7, 11) is 0. The van der Waals surface area contributed by atoms with Gasteiger partial charge in [-0.25, -0.2) is 0 Å². The van der Waals surface area contributed by atoms with E-state index in [-0.39, 0.29) is 11.3 Å². The van der Waals surface area contributed by atoms with Crippen LogP contribution in [-0.4, -0.2) is 21.8 Å². The van der Waals surface area contributed by atoms with Crippen LogP contribution in [-0.2, 0) is 4.79 Å². The molecular formula is C24H15BrN2O4. The number of amides is 1. The van der Waals surface area contributed by atoms with Gasteiger partial charge in [0.15, 0.2) is 11.5 Å². The van der Waals surface area contributed by atoms with Crippen molar-refractivity contribution in [3.63, 3.8) is 0 Å². The van der Waals surface area contributed by atoms with E-state index in [1.807, 2.05) is 18.2 Å². The quantitative estimate of drug-likeness (QED) is 0.401. The lowest BCUT2D eigenvalue weighted by Crippen LogP contribution is -2.31. The van der Waals surface area contributed by atoms with E-state index in [4.69, 9.17) is 4.42 Å². The van der Waals surface area contributed by atoms with Crippen molar-refractivity contribution < 1.29 is 19.1 Å². The van der Waals surface area contributed by atoms with E-state index in [0.29, 0.717) is 16.8 Å². The number of benzene rings is 2. The normalized spacial score (nSPS) is 16.4. The topological polar surface area (TPSA) is 83.6 Å². The molecule has 1 atom stereocenters. The standard InChI is InChI=1S/C24H15BrN2O4/c25-16-8-9-18-15(11-16)12-19(31-18)22(28)20-21(14-5-4-10-26-13-14)27(24(30)23(20)29)17-6-2-1-3-7-17/h1-13,21,29H. The number of aliphatic hydroxyl groups is 1. The molecule has 1 aliphatic heterocycles. The molecule has 0 fully saturated rings. The Morgan fingerprint density at radius 2 is 1.87 bits per heavy atom. The summed E-state index contributed by atoms with van der Waals surface area (Å²) in [5.41, 5.74) is 1.66. The van der Waals surface area contributed by atoms with Crippen molar-refractivity contribution in [1.82, 2.24) is 4.98 Å². The van der Waals surface area contributed by atoms with E-state index in [1.54, 1.807) is 60.9 Å². The van der Waals surface area contributed by atoms with Crippen LogP contribution in [0.2, 0.25) is 0 Å². The van der Waals surface area contributed by atoms with Gasteiger partial charge in [-0.05, 0) is 48.0 Å². The van der Waals surface area contributed by atoms with Crippen molar-refractivity contribution in [2.45, 2.75) is 6.04 Å². The van der Waals surface area contributed by atoms with Gasteiger partial charge in [0.1, 0.15) is 5.58 Å². The van der Waals surface area contributed by atoms with Crippen LogP contribution in [0.3, 0.4) is 0 Å². The van der Waals surface area contributed by atoms with Crippen LogP contribution < -0.4 is 4.90 Å². The molecule has 4 aromatic rings. The Kier molecular flexibility index (Phi) is 4.67. The van der Waals surface area contributed by atoms with Gasteiger partial charge in [-0.1, -0.05) is 40.2 Å². The number of pyridine rings is 1. The molecule has 31 heavy (non-hydrogen) atoms. The SMILES string of the molecule is O=C(C1=C(O)C(=O)N(c2ccccc2)C1c1cccnc1)c1cc2cc(Br)ccc2o1. The average molecular weight is 475 g/mol. The Bertz CT molecular complexity index is 1350. The summed E-state index contributed by atoms with van der Waals surface area (Å²) in [6, 6.07) is 18.6. The minimum Gasteiger partial charge on any atom is -0.503 e. The highest BCUT2D eigenvalue weighted by molar-refractivity contribution is 9.10. The molecule has 0 saturated heterocycles. The smallest absolute Gasteiger partial charge is 0.294 e. The van der Waals surface area contributed by atoms with Crippen molar-refractivity contribution in [2.24, 2.45) is 0 Å². The summed E-state index contributed by atoms with van der Waals surface area (Å²) in [5.74, 6) is -1.75. The number of para-hydroxylation sites is 1. The van der Waals surface area contributed by atoms with Crippen LogP contribution in [0.4, 0.5) is 5.69 Å². The summed E-state index contributed by atoms with van der Waals surface area (Å²) in [5, 5.41) is 11.5. The second-order valence-electron chi connectivity index (χ2n) is 7.08. The van der Waals surface area contributed by atoms with Gasteiger partial charge >= 0.3 is 0 Å². The van der Waals surface area contributed by atoms with Crippen LogP contribution in [0.15, 0.2) is 99.3 Å². The third-order valence-electron chi connectivity index (χ3n) is 5.19. The third kappa shape index (κ3) is 3.23. The lowest BCUT2D eigenvalue weighted by molar-refractivity contribution is -0.117. The van der Waals surface area contributed by atoms with Crippen molar-refractivity contribution in [1.29, 1.82) is 0 Å². The Labute approximate surface area is 185 Å². The van der Waals surface area contributed by atoms with Gasteiger partial charge in [-0.3, -0.25) is 19.5 Å². The highest BCUT2D eigenvalue weighted by Gasteiger charge is 2.45. The number of nitrogens with zero attached hydrogens (tertiary/aromatic N) is 2. The van der Waals surface area contributed by atoms with Gasteiger partial charge in [0.05, 0.1) is 11.6 Å². The third-order valence-corrected chi connectivity index (χ3v) is 5.68. The maximum Gasteiger partial charge on any atom is 0.294 e. The molecule has 152 valence electrons. The number of hydrogen-bond donors (Lipinski definition) is 1. The number of ketones is 1. The monoisotopic (exact) mass is 474 g/mol. The molecule has 0 aliphatic carbocycles. The van der Waals surface area contributed by atoms with Crippen molar-refractivity contribution >= 4 is 44.3 Å². The number of anilines is 1. The van der Waals surface area contributed by atoms with Gasteiger partial charge in [0.25, 0.3) is 5.91 Å². The van der Waals surface area contributed by atoms with Crippen LogP contribution in [0.1, 0.15) is 22.2 Å². The largest absolute Gasteiger partial charge is 0.503 e. The molecule has 0 radical (unpaired) electrons. The molecular weight excluding hydrogens is 460 g/mol. The molecule has 2 aromatic carbocycles. The summed E-state index contributed by atoms with van der Waals surface area (Å²) < 4.78 is 6.59. The molecule has 2 aromatic heterocycles. The second kappa shape index (κ2) is 7.52. The number of Topliss-reactive ketones (excluding diaryl/α,β-unsaturated/α-hetero) is 1. The van der Waals surface area contributed by atoms with E-state index in [1.165, 1.54) is 4.90 Å². The zero-order valence-corrected chi connectivity index (χ0v) is 17.6. The molecule has 0 spiro atoms. The molecule has 1 amide bonds. The maximum atomic E-state index is 13.5. The van der Waals surface area contributed by atoms with E-state index in [2.05, 4.69) is 20.9 Å². The molecule has 1 N–H and O–H groups in total. The Balaban J connectivity index is 1.65.